The molecule has 0 heterocycles. The average Bonchev–Trinajstić information content (AvgIpc) is 3.54. The molecule has 0 unspecified atom stereocenters. The van der Waals surface area contributed by atoms with Gasteiger partial charge in [0.05, 0.1) is 12.0 Å². The Bertz CT molecular complexity index is 1210. The van der Waals surface area contributed by atoms with Crippen LogP contribution in [-0.4, -0.2) is 41.9 Å². The third-order valence-electron chi connectivity index (χ3n) is 4.67. The fourth-order valence-corrected chi connectivity index (χ4v) is 5.82. The van der Waals surface area contributed by atoms with Crippen LogP contribution in [0.3, 0.4) is 0 Å². The fraction of sp³-hybridized carbons (Fsp3) is 0.381. The normalized spacial score (nSPS) is 14.4. The number of sulfonamides is 2. The first kappa shape index (κ1) is 24.2. The van der Waals surface area contributed by atoms with Gasteiger partial charge in [0, 0.05) is 24.2 Å². The van der Waals surface area contributed by atoms with Crippen LogP contribution in [0.2, 0.25) is 0 Å². The molecule has 0 aliphatic heterocycles. The number of benzene rings is 2. The third-order valence-corrected chi connectivity index (χ3v) is 7.87. The maximum Gasteiger partial charge on any atom is 0.251 e. The first-order valence-corrected chi connectivity index (χ1v) is 13.1. The maximum absolute atomic E-state index is 12.7. The SMILES string of the molecule is COc1ccc(C(=O)NCc2cccc(S(=O)(=O)NC(C)C)c2)cc1S(=O)(=O)NC1CC1. The summed E-state index contributed by atoms with van der Waals surface area (Å²) in [6.45, 7) is 3.52. The second kappa shape index (κ2) is 9.57. The van der Waals surface area contributed by atoms with Crippen LogP contribution in [-0.2, 0) is 26.6 Å². The quantitative estimate of drug-likeness (QED) is 0.474. The van der Waals surface area contributed by atoms with Gasteiger partial charge in [-0.15, -0.1) is 0 Å². The zero-order valence-electron chi connectivity index (χ0n) is 18.1. The van der Waals surface area contributed by atoms with Crippen molar-refractivity contribution in [1.82, 2.24) is 14.8 Å². The molecule has 11 heteroatoms. The lowest BCUT2D eigenvalue weighted by atomic mass is 10.2. The number of amides is 1. The Hall–Kier alpha value is -2.47. The highest BCUT2D eigenvalue weighted by Crippen LogP contribution is 2.28. The first-order chi connectivity index (χ1) is 15.0. The van der Waals surface area contributed by atoms with E-state index in [9.17, 15) is 21.6 Å². The van der Waals surface area contributed by atoms with Crippen LogP contribution in [0.25, 0.3) is 0 Å². The minimum absolute atomic E-state index is 0.0678. The molecule has 0 bridgehead atoms. The number of ether oxygens (including phenoxy) is 1. The van der Waals surface area contributed by atoms with Crippen molar-refractivity contribution in [3.8, 4) is 5.75 Å². The van der Waals surface area contributed by atoms with E-state index in [1.54, 1.807) is 26.0 Å². The van der Waals surface area contributed by atoms with Gasteiger partial charge >= 0.3 is 0 Å². The van der Waals surface area contributed by atoms with Crippen LogP contribution >= 0.6 is 0 Å². The minimum atomic E-state index is -3.82. The van der Waals surface area contributed by atoms with E-state index in [1.165, 1.54) is 37.4 Å². The largest absolute Gasteiger partial charge is 0.495 e. The monoisotopic (exact) mass is 481 g/mol. The van der Waals surface area contributed by atoms with Gasteiger partial charge in [-0.3, -0.25) is 4.79 Å². The molecule has 174 valence electrons. The number of hydrogen-bond acceptors (Lipinski definition) is 6. The first-order valence-electron chi connectivity index (χ1n) is 10.1. The molecule has 1 aliphatic rings. The number of methoxy groups -OCH3 is 1. The lowest BCUT2D eigenvalue weighted by Crippen LogP contribution is -2.30. The summed E-state index contributed by atoms with van der Waals surface area (Å²) in [5.41, 5.74) is 0.731. The molecule has 1 saturated carbocycles. The van der Waals surface area contributed by atoms with E-state index >= 15 is 0 Å². The summed E-state index contributed by atoms with van der Waals surface area (Å²) in [5.74, 6) is -0.352. The molecule has 1 fully saturated rings. The Labute approximate surface area is 188 Å². The molecule has 2 aromatic carbocycles. The zero-order valence-corrected chi connectivity index (χ0v) is 19.7. The van der Waals surface area contributed by atoms with E-state index in [0.717, 1.165) is 12.8 Å². The second-order valence-electron chi connectivity index (χ2n) is 7.87. The smallest absolute Gasteiger partial charge is 0.251 e. The summed E-state index contributed by atoms with van der Waals surface area (Å²) < 4.78 is 60.2. The Morgan fingerprint density at radius 3 is 2.41 bits per heavy atom. The van der Waals surface area contributed by atoms with E-state index in [0.29, 0.717) is 5.56 Å². The molecule has 3 N–H and O–H groups in total. The summed E-state index contributed by atoms with van der Waals surface area (Å²) in [6.07, 6.45) is 1.56. The molecule has 1 aliphatic carbocycles. The molecule has 32 heavy (non-hydrogen) atoms. The molecule has 0 spiro atoms. The van der Waals surface area contributed by atoms with E-state index in [2.05, 4.69) is 14.8 Å². The molecule has 0 saturated heterocycles. The summed E-state index contributed by atoms with van der Waals surface area (Å²) >= 11 is 0. The zero-order chi connectivity index (χ0) is 23.5. The van der Waals surface area contributed by atoms with Gasteiger partial charge in [0.25, 0.3) is 5.91 Å². The number of carbonyl (C=O) groups is 1. The van der Waals surface area contributed by atoms with Crippen LogP contribution in [0.4, 0.5) is 0 Å². The molecular weight excluding hydrogens is 454 g/mol. The van der Waals surface area contributed by atoms with Crippen molar-refractivity contribution >= 4 is 26.0 Å². The topological polar surface area (TPSA) is 131 Å². The standard InChI is InChI=1S/C21H27N3O6S2/c1-14(2)23-31(26,27)18-6-4-5-15(11-18)13-22-21(25)16-7-10-19(30-3)20(12-16)32(28,29)24-17-8-9-17/h4-7,10-12,14,17,23-24H,8-9,13H2,1-3H3,(H,22,25). The van der Waals surface area contributed by atoms with Gasteiger partial charge in [-0.2, -0.15) is 0 Å². The van der Waals surface area contributed by atoms with Crippen LogP contribution < -0.4 is 19.5 Å². The Morgan fingerprint density at radius 1 is 1.06 bits per heavy atom. The number of carbonyl (C=O) groups excluding carboxylic acids is 1. The maximum atomic E-state index is 12.7. The van der Waals surface area contributed by atoms with Gasteiger partial charge in [0.2, 0.25) is 20.0 Å². The third kappa shape index (κ3) is 6.06. The number of hydrogen-bond donors (Lipinski definition) is 3. The van der Waals surface area contributed by atoms with Crippen LogP contribution in [0.15, 0.2) is 52.3 Å². The van der Waals surface area contributed by atoms with E-state index in [1.807, 2.05) is 0 Å². The lowest BCUT2D eigenvalue weighted by Gasteiger charge is -2.13. The van der Waals surface area contributed by atoms with Crippen molar-refractivity contribution < 1.29 is 26.4 Å². The van der Waals surface area contributed by atoms with E-state index < -0.39 is 26.0 Å². The van der Waals surface area contributed by atoms with Crippen molar-refractivity contribution in [3.63, 3.8) is 0 Å². The molecule has 2 aromatic rings. The van der Waals surface area contributed by atoms with Gasteiger partial charge in [0.1, 0.15) is 10.6 Å². The van der Waals surface area contributed by atoms with Crippen molar-refractivity contribution in [3.05, 3.63) is 53.6 Å². The predicted molar refractivity (Wildman–Crippen MR) is 119 cm³/mol. The molecule has 9 nitrogen and oxygen atoms in total. The fourth-order valence-electron chi connectivity index (χ4n) is 3.00. The average molecular weight is 482 g/mol. The summed E-state index contributed by atoms with van der Waals surface area (Å²) in [6, 6.07) is 10.1. The summed E-state index contributed by atoms with van der Waals surface area (Å²) in [4.78, 5) is 12.7. The van der Waals surface area contributed by atoms with Crippen LogP contribution in [0, 0.1) is 0 Å². The Kier molecular flexibility index (Phi) is 7.23. The summed E-state index contributed by atoms with van der Waals surface area (Å²) in [5, 5.41) is 2.69. The molecule has 1 amide bonds. The molecule has 0 atom stereocenters. The van der Waals surface area contributed by atoms with Crippen molar-refractivity contribution in [2.24, 2.45) is 0 Å². The minimum Gasteiger partial charge on any atom is -0.495 e. The highest BCUT2D eigenvalue weighted by atomic mass is 32.2. The lowest BCUT2D eigenvalue weighted by molar-refractivity contribution is 0.0950. The van der Waals surface area contributed by atoms with Crippen LogP contribution in [0.5, 0.6) is 5.75 Å². The van der Waals surface area contributed by atoms with Gasteiger partial charge in [-0.1, -0.05) is 12.1 Å². The molecule has 0 radical (unpaired) electrons. The van der Waals surface area contributed by atoms with Gasteiger partial charge in [-0.25, -0.2) is 26.3 Å². The predicted octanol–water partition coefficient (Wildman–Crippen LogP) is 1.75. The van der Waals surface area contributed by atoms with E-state index in [4.69, 9.17) is 4.74 Å². The Morgan fingerprint density at radius 2 is 1.78 bits per heavy atom. The van der Waals surface area contributed by atoms with Gasteiger partial charge in [-0.05, 0) is 62.6 Å². The van der Waals surface area contributed by atoms with Crippen LogP contribution in [0.1, 0.15) is 42.6 Å². The molecule has 0 aromatic heterocycles. The molecular formula is C21H27N3O6S2. The number of nitrogens with one attached hydrogen (secondary N) is 3. The second-order valence-corrected chi connectivity index (χ2v) is 11.3. The summed E-state index contributed by atoms with van der Waals surface area (Å²) in [7, 11) is -6.12. The highest BCUT2D eigenvalue weighted by Gasteiger charge is 2.30. The number of rotatable bonds is 10. The Balaban J connectivity index is 1.75. The van der Waals surface area contributed by atoms with E-state index in [-0.39, 0.29) is 39.7 Å². The van der Waals surface area contributed by atoms with Gasteiger partial charge < -0.3 is 10.1 Å². The molecule has 3 rings (SSSR count). The van der Waals surface area contributed by atoms with Crippen molar-refractivity contribution in [2.45, 2.75) is 55.1 Å². The highest BCUT2D eigenvalue weighted by molar-refractivity contribution is 7.89. The van der Waals surface area contributed by atoms with Crippen molar-refractivity contribution in [1.29, 1.82) is 0 Å². The van der Waals surface area contributed by atoms with Crippen molar-refractivity contribution in [2.75, 3.05) is 7.11 Å². The van der Waals surface area contributed by atoms with Gasteiger partial charge in [0.15, 0.2) is 0 Å².